The second-order valence-corrected chi connectivity index (χ2v) is 15.5. The summed E-state index contributed by atoms with van der Waals surface area (Å²) in [7, 11) is 0. The average molecular weight is 749 g/mol. The molecule has 2 heterocycles. The van der Waals surface area contributed by atoms with Gasteiger partial charge in [-0.2, -0.15) is 0 Å². The van der Waals surface area contributed by atoms with Crippen LogP contribution in [0.1, 0.15) is 0 Å². The summed E-state index contributed by atoms with van der Waals surface area (Å²) in [6.45, 7) is 0. The molecule has 0 spiro atoms. The monoisotopic (exact) mass is 748 g/mol. The molecule has 12 aromatic rings. The fraction of sp³-hybridized carbons (Fsp3) is 0. The van der Waals surface area contributed by atoms with Crippen LogP contribution in [0.5, 0.6) is 0 Å². The number of hydrogen-bond acceptors (Lipinski definition) is 1. The highest BCUT2D eigenvalue weighted by Crippen LogP contribution is 2.43. The first-order valence-electron chi connectivity index (χ1n) is 20.3. The second kappa shape index (κ2) is 13.4. The van der Waals surface area contributed by atoms with Gasteiger partial charge in [0.25, 0.3) is 0 Å². The van der Waals surface area contributed by atoms with E-state index in [4.69, 9.17) is 4.98 Å². The quantitative estimate of drug-likeness (QED) is 0.160. The van der Waals surface area contributed by atoms with Crippen molar-refractivity contribution in [2.24, 2.45) is 0 Å². The summed E-state index contributed by atoms with van der Waals surface area (Å²) in [6, 6.07) is 79.4. The molecule has 0 saturated carbocycles. The Morgan fingerprint density at radius 2 is 0.881 bits per heavy atom. The van der Waals surface area contributed by atoms with Crippen LogP contribution in [0.2, 0.25) is 0 Å². The fourth-order valence-corrected chi connectivity index (χ4v) is 9.37. The van der Waals surface area contributed by atoms with Crippen LogP contribution in [0.15, 0.2) is 218 Å². The molecule has 274 valence electrons. The number of benzene rings is 10. The van der Waals surface area contributed by atoms with Crippen molar-refractivity contribution >= 4 is 64.9 Å². The second-order valence-electron chi connectivity index (χ2n) is 15.5. The predicted molar refractivity (Wildman–Crippen MR) is 250 cm³/mol. The van der Waals surface area contributed by atoms with E-state index in [1.54, 1.807) is 0 Å². The first kappa shape index (κ1) is 33.3. The third kappa shape index (κ3) is 5.45. The lowest BCUT2D eigenvalue weighted by Crippen LogP contribution is -1.94. The lowest BCUT2D eigenvalue weighted by Gasteiger charge is -2.16. The van der Waals surface area contributed by atoms with Crippen molar-refractivity contribution in [3.63, 3.8) is 0 Å². The van der Waals surface area contributed by atoms with Gasteiger partial charge in [0.2, 0.25) is 0 Å². The first-order chi connectivity index (χ1) is 29.2. The molecule has 59 heavy (non-hydrogen) atoms. The summed E-state index contributed by atoms with van der Waals surface area (Å²) < 4.78 is 2.44. The van der Waals surface area contributed by atoms with Gasteiger partial charge in [-0.1, -0.05) is 176 Å². The summed E-state index contributed by atoms with van der Waals surface area (Å²) in [4.78, 5) is 5.34. The van der Waals surface area contributed by atoms with E-state index in [0.717, 1.165) is 33.8 Å². The van der Waals surface area contributed by atoms with Gasteiger partial charge in [0.1, 0.15) is 0 Å². The lowest BCUT2D eigenvalue weighted by molar-refractivity contribution is 1.19. The average Bonchev–Trinajstić information content (AvgIpc) is 3.65. The maximum Gasteiger partial charge on any atom is 0.0715 e. The van der Waals surface area contributed by atoms with E-state index in [1.807, 2.05) is 0 Å². The Hall–Kier alpha value is -7.81. The van der Waals surface area contributed by atoms with Gasteiger partial charge >= 0.3 is 0 Å². The Morgan fingerprint density at radius 1 is 0.288 bits per heavy atom. The summed E-state index contributed by atoms with van der Waals surface area (Å²) in [5.74, 6) is 0. The van der Waals surface area contributed by atoms with Crippen molar-refractivity contribution in [2.45, 2.75) is 0 Å². The van der Waals surface area contributed by atoms with Crippen molar-refractivity contribution < 1.29 is 0 Å². The zero-order valence-corrected chi connectivity index (χ0v) is 32.2. The van der Waals surface area contributed by atoms with Crippen molar-refractivity contribution in [1.29, 1.82) is 0 Å². The van der Waals surface area contributed by atoms with E-state index in [2.05, 4.69) is 223 Å². The Labute approximate surface area is 341 Å². The molecule has 0 radical (unpaired) electrons. The van der Waals surface area contributed by atoms with Gasteiger partial charge in [-0.05, 0) is 108 Å². The van der Waals surface area contributed by atoms with E-state index in [0.29, 0.717) is 0 Å². The molecule has 12 rings (SSSR count). The van der Waals surface area contributed by atoms with Gasteiger partial charge in [-0.25, -0.2) is 4.98 Å². The number of nitrogens with zero attached hydrogens (tertiary/aromatic N) is 2. The standard InChI is InChI=1S/C57H36N2/c1-3-14-37(15-4-1)43-34-53(39-17-5-2-6-18-39)58-54(35-43)42-28-30-48-46-20-9-10-21-47(46)51-24-13-23-45(57(51)52(48)33-42)41-27-31-50-49-22-11-12-25-55(49)59(56(50)36-41)44-29-26-38-16-7-8-19-40(38)32-44/h1-36H. The number of rotatable bonds is 5. The Morgan fingerprint density at radius 3 is 1.69 bits per heavy atom. The van der Waals surface area contributed by atoms with Crippen LogP contribution in [0.25, 0.3) is 115 Å². The maximum absolute atomic E-state index is 5.34. The molecule has 0 aliphatic carbocycles. The largest absolute Gasteiger partial charge is 0.309 e. The molecule has 0 saturated heterocycles. The van der Waals surface area contributed by atoms with E-state index in [9.17, 15) is 0 Å². The Bertz CT molecular complexity index is 3540. The van der Waals surface area contributed by atoms with Crippen molar-refractivity contribution in [3.05, 3.63) is 218 Å². The maximum atomic E-state index is 5.34. The molecule has 0 amide bonds. The molecule has 0 aliphatic heterocycles. The summed E-state index contributed by atoms with van der Waals surface area (Å²) in [5.41, 5.74) is 12.4. The van der Waals surface area contributed by atoms with Crippen molar-refractivity contribution in [3.8, 4) is 50.5 Å². The molecule has 0 aliphatic rings. The van der Waals surface area contributed by atoms with Gasteiger partial charge in [-0.3, -0.25) is 0 Å². The van der Waals surface area contributed by atoms with E-state index in [-0.39, 0.29) is 0 Å². The molecule has 2 aromatic heterocycles. The Kier molecular flexibility index (Phi) is 7.57. The molecule has 2 nitrogen and oxygen atoms in total. The van der Waals surface area contributed by atoms with Crippen LogP contribution in [0.4, 0.5) is 0 Å². The van der Waals surface area contributed by atoms with Crippen LogP contribution in [0.3, 0.4) is 0 Å². The third-order valence-electron chi connectivity index (χ3n) is 12.1. The van der Waals surface area contributed by atoms with Crippen LogP contribution in [-0.2, 0) is 0 Å². The minimum Gasteiger partial charge on any atom is -0.309 e. The molecule has 2 heteroatoms. The number of para-hydroxylation sites is 1. The molecule has 0 atom stereocenters. The number of fused-ring (bicyclic) bond motifs is 10. The summed E-state index contributed by atoms with van der Waals surface area (Å²) in [5, 5.41) is 12.4. The molecule has 0 bridgehead atoms. The molecular formula is C57H36N2. The van der Waals surface area contributed by atoms with Crippen molar-refractivity contribution in [1.82, 2.24) is 9.55 Å². The fourth-order valence-electron chi connectivity index (χ4n) is 9.37. The van der Waals surface area contributed by atoms with Crippen LogP contribution in [-0.4, -0.2) is 9.55 Å². The van der Waals surface area contributed by atoms with Crippen LogP contribution < -0.4 is 0 Å². The topological polar surface area (TPSA) is 17.8 Å². The van der Waals surface area contributed by atoms with Crippen LogP contribution >= 0.6 is 0 Å². The van der Waals surface area contributed by atoms with Gasteiger partial charge < -0.3 is 4.57 Å². The normalized spacial score (nSPS) is 11.7. The minimum absolute atomic E-state index is 0.951. The number of pyridine rings is 1. The van der Waals surface area contributed by atoms with Crippen LogP contribution in [0, 0.1) is 0 Å². The summed E-state index contributed by atoms with van der Waals surface area (Å²) in [6.07, 6.45) is 0. The van der Waals surface area contributed by atoms with Gasteiger partial charge in [0.05, 0.1) is 22.4 Å². The lowest BCUT2D eigenvalue weighted by atomic mass is 9.88. The highest BCUT2D eigenvalue weighted by molar-refractivity contribution is 6.29. The predicted octanol–water partition coefficient (Wildman–Crippen LogP) is 15.5. The third-order valence-corrected chi connectivity index (χ3v) is 12.1. The van der Waals surface area contributed by atoms with Crippen molar-refractivity contribution in [2.75, 3.05) is 0 Å². The van der Waals surface area contributed by atoms with E-state index in [1.165, 1.54) is 81.6 Å². The zero-order chi connectivity index (χ0) is 38.9. The number of aromatic nitrogens is 2. The Balaban J connectivity index is 1.12. The first-order valence-corrected chi connectivity index (χ1v) is 20.3. The summed E-state index contributed by atoms with van der Waals surface area (Å²) >= 11 is 0. The SMILES string of the molecule is c1ccc(-c2cc(-c3ccccc3)nc(-c3ccc4c5ccccc5c5cccc(-c6ccc7c8ccccc8n(-c8ccc9ccccc9c8)c7c6)c5c4c3)c2)cc1. The minimum atomic E-state index is 0.951. The molecule has 0 fully saturated rings. The highest BCUT2D eigenvalue weighted by Gasteiger charge is 2.18. The number of hydrogen-bond donors (Lipinski definition) is 0. The smallest absolute Gasteiger partial charge is 0.0715 e. The zero-order valence-electron chi connectivity index (χ0n) is 32.2. The van der Waals surface area contributed by atoms with E-state index < -0.39 is 0 Å². The molecule has 0 N–H and O–H groups in total. The molecule has 0 unspecified atom stereocenters. The molecular weight excluding hydrogens is 713 g/mol. The van der Waals surface area contributed by atoms with E-state index >= 15 is 0 Å². The molecule has 10 aromatic carbocycles. The highest BCUT2D eigenvalue weighted by atomic mass is 15.0. The van der Waals surface area contributed by atoms with Gasteiger partial charge in [0, 0.05) is 27.6 Å². The van der Waals surface area contributed by atoms with Gasteiger partial charge in [-0.15, -0.1) is 0 Å². The van der Waals surface area contributed by atoms with Gasteiger partial charge in [0.15, 0.2) is 0 Å².